The number of benzene rings is 1. The third-order valence-corrected chi connectivity index (χ3v) is 2.58. The van der Waals surface area contributed by atoms with Crippen molar-refractivity contribution >= 4 is 11.8 Å². The number of nitrogens with zero attached hydrogens (tertiary/aromatic N) is 1. The molecule has 0 aliphatic carbocycles. The van der Waals surface area contributed by atoms with Crippen LogP contribution in [-0.2, 0) is 6.42 Å². The Balaban J connectivity index is 3.09. The van der Waals surface area contributed by atoms with Crippen molar-refractivity contribution in [2.45, 2.75) is 13.3 Å². The lowest BCUT2D eigenvalue weighted by atomic mass is 10.1. The lowest BCUT2D eigenvalue weighted by Crippen LogP contribution is -2.35. The van der Waals surface area contributed by atoms with Crippen LogP contribution in [0.5, 0.6) is 5.75 Å². The minimum absolute atomic E-state index is 0.443. The number of quaternary nitrogens is 1. The van der Waals surface area contributed by atoms with Crippen molar-refractivity contribution in [1.82, 2.24) is 9.80 Å². The molecular weight excluding hydrogens is 216 g/mol. The van der Waals surface area contributed by atoms with Gasteiger partial charge in [0.15, 0.2) is 0 Å². The SMILES string of the molecule is CCc1ccc(OC(=O)NC)cc1[N+](C)(C)C. The van der Waals surface area contributed by atoms with E-state index in [1.54, 1.807) is 7.05 Å². The van der Waals surface area contributed by atoms with Crippen molar-refractivity contribution < 1.29 is 9.53 Å². The Morgan fingerprint density at radius 1 is 1.35 bits per heavy atom. The third kappa shape index (κ3) is 3.46. The minimum atomic E-state index is -0.443. The van der Waals surface area contributed by atoms with E-state index in [1.807, 2.05) is 18.2 Å². The molecule has 0 heterocycles. The normalized spacial score (nSPS) is 11.1. The molecule has 4 heteroatoms. The van der Waals surface area contributed by atoms with Gasteiger partial charge in [-0.15, -0.1) is 0 Å². The molecule has 0 aromatic heterocycles. The highest BCUT2D eigenvalue weighted by molar-refractivity contribution is 5.70. The van der Waals surface area contributed by atoms with Crippen molar-refractivity contribution in [3.63, 3.8) is 0 Å². The fourth-order valence-corrected chi connectivity index (χ4v) is 1.69. The van der Waals surface area contributed by atoms with Crippen LogP contribution in [0.4, 0.5) is 10.5 Å². The molecule has 1 aromatic rings. The van der Waals surface area contributed by atoms with Gasteiger partial charge in [-0.1, -0.05) is 6.92 Å². The van der Waals surface area contributed by atoms with E-state index in [1.165, 1.54) is 5.56 Å². The fraction of sp³-hybridized carbons (Fsp3) is 0.462. The van der Waals surface area contributed by atoms with Crippen molar-refractivity contribution in [3.8, 4) is 5.75 Å². The zero-order chi connectivity index (χ0) is 13.1. The number of hydrogen-bond acceptors (Lipinski definition) is 2. The van der Waals surface area contributed by atoms with Crippen LogP contribution in [0.1, 0.15) is 12.5 Å². The van der Waals surface area contributed by atoms with Crippen LogP contribution in [0.25, 0.3) is 0 Å². The molecule has 0 atom stereocenters. The first-order chi connectivity index (χ1) is 7.88. The van der Waals surface area contributed by atoms with Crippen LogP contribution >= 0.6 is 0 Å². The molecule has 94 valence electrons. The second-order valence-corrected chi connectivity index (χ2v) is 4.80. The van der Waals surface area contributed by atoms with Gasteiger partial charge in [0.1, 0.15) is 11.4 Å². The number of carbonyl (C=O) groups excluding carboxylic acids is 1. The number of aryl methyl sites for hydroxylation is 1. The number of rotatable bonds is 3. The molecule has 0 aliphatic heterocycles. The summed E-state index contributed by atoms with van der Waals surface area (Å²) in [6, 6.07) is 5.76. The van der Waals surface area contributed by atoms with Gasteiger partial charge >= 0.3 is 6.09 Å². The second kappa shape index (κ2) is 5.19. The Kier molecular flexibility index (Phi) is 4.12. The lowest BCUT2D eigenvalue weighted by Gasteiger charge is -2.26. The number of ether oxygens (including phenoxy) is 1. The molecule has 0 spiro atoms. The van der Waals surface area contributed by atoms with E-state index < -0.39 is 6.09 Å². The summed E-state index contributed by atoms with van der Waals surface area (Å²) in [7, 11) is 7.83. The predicted octanol–water partition coefficient (Wildman–Crippen LogP) is 2.16. The second-order valence-electron chi connectivity index (χ2n) is 4.80. The summed E-state index contributed by atoms with van der Waals surface area (Å²) in [6.07, 6.45) is 0.520. The van der Waals surface area contributed by atoms with E-state index in [9.17, 15) is 4.79 Å². The van der Waals surface area contributed by atoms with E-state index in [-0.39, 0.29) is 0 Å². The zero-order valence-electron chi connectivity index (χ0n) is 11.2. The maximum atomic E-state index is 11.2. The Morgan fingerprint density at radius 3 is 2.47 bits per heavy atom. The van der Waals surface area contributed by atoms with Crippen molar-refractivity contribution in [2.75, 3.05) is 28.2 Å². The van der Waals surface area contributed by atoms with Gasteiger partial charge in [0, 0.05) is 18.7 Å². The lowest BCUT2D eigenvalue weighted by molar-refractivity contribution is 0.203. The average molecular weight is 237 g/mol. The molecule has 1 amide bonds. The highest BCUT2D eigenvalue weighted by Gasteiger charge is 2.18. The maximum Gasteiger partial charge on any atom is 0.412 e. The van der Waals surface area contributed by atoms with Crippen LogP contribution in [-0.4, -0.2) is 34.3 Å². The van der Waals surface area contributed by atoms with E-state index in [2.05, 4.69) is 33.4 Å². The van der Waals surface area contributed by atoms with Gasteiger partial charge in [-0.05, 0) is 18.6 Å². The summed E-state index contributed by atoms with van der Waals surface area (Å²) in [5.41, 5.74) is 2.43. The molecular formula is C13H21N2O2+. The van der Waals surface area contributed by atoms with Crippen LogP contribution in [0.2, 0.25) is 0 Å². The third-order valence-electron chi connectivity index (χ3n) is 2.58. The van der Waals surface area contributed by atoms with Crippen molar-refractivity contribution in [2.24, 2.45) is 0 Å². The molecule has 0 aliphatic rings. The van der Waals surface area contributed by atoms with E-state index >= 15 is 0 Å². The van der Waals surface area contributed by atoms with E-state index in [0.717, 1.165) is 12.1 Å². The molecule has 1 rings (SSSR count). The van der Waals surface area contributed by atoms with Gasteiger partial charge < -0.3 is 10.1 Å². The molecule has 4 nitrogen and oxygen atoms in total. The zero-order valence-corrected chi connectivity index (χ0v) is 11.2. The van der Waals surface area contributed by atoms with Gasteiger partial charge in [0.05, 0.1) is 21.1 Å². The summed E-state index contributed by atoms with van der Waals surface area (Å²) >= 11 is 0. The van der Waals surface area contributed by atoms with Crippen molar-refractivity contribution in [3.05, 3.63) is 23.8 Å². The van der Waals surface area contributed by atoms with Crippen LogP contribution in [0.3, 0.4) is 0 Å². The summed E-state index contributed by atoms with van der Waals surface area (Å²) in [5, 5.41) is 2.43. The van der Waals surface area contributed by atoms with E-state index in [0.29, 0.717) is 10.2 Å². The van der Waals surface area contributed by atoms with Gasteiger partial charge in [-0.3, -0.25) is 4.48 Å². The summed E-state index contributed by atoms with van der Waals surface area (Å²) < 4.78 is 5.84. The molecule has 0 unspecified atom stereocenters. The molecule has 0 saturated heterocycles. The molecule has 0 fully saturated rings. The fourth-order valence-electron chi connectivity index (χ4n) is 1.69. The molecule has 1 aromatic carbocycles. The summed E-state index contributed by atoms with van der Waals surface area (Å²) in [4.78, 5) is 11.2. The Morgan fingerprint density at radius 2 is 2.00 bits per heavy atom. The monoisotopic (exact) mass is 237 g/mol. The number of hydrogen-bond donors (Lipinski definition) is 1. The summed E-state index contributed by atoms with van der Waals surface area (Å²) in [6.45, 7) is 2.12. The largest absolute Gasteiger partial charge is 0.412 e. The molecule has 1 N–H and O–H groups in total. The Labute approximate surface area is 103 Å². The van der Waals surface area contributed by atoms with Crippen LogP contribution < -0.4 is 14.5 Å². The topological polar surface area (TPSA) is 38.3 Å². The molecule has 0 bridgehead atoms. The van der Waals surface area contributed by atoms with Crippen molar-refractivity contribution in [1.29, 1.82) is 0 Å². The molecule has 0 saturated carbocycles. The number of nitrogens with one attached hydrogen (secondary N) is 1. The first kappa shape index (κ1) is 13.5. The first-order valence-electron chi connectivity index (χ1n) is 5.73. The summed E-state index contributed by atoms with van der Waals surface area (Å²) in [5.74, 6) is 0.574. The average Bonchev–Trinajstić information content (AvgIpc) is 2.27. The molecule has 0 radical (unpaired) electrons. The predicted molar refractivity (Wildman–Crippen MR) is 70.5 cm³/mol. The standard InChI is InChI=1S/C13H20N2O2/c1-6-10-7-8-11(17-13(16)14-2)9-12(10)15(3,4)5/h7-9H,6H2,1-5H3/p+1. The van der Waals surface area contributed by atoms with E-state index in [4.69, 9.17) is 4.74 Å². The smallest absolute Gasteiger partial charge is 0.410 e. The number of amides is 1. The highest BCUT2D eigenvalue weighted by Crippen LogP contribution is 2.28. The Hall–Kier alpha value is -1.55. The number of carbonyl (C=O) groups is 1. The Bertz CT molecular complexity index is 408. The molecule has 17 heavy (non-hydrogen) atoms. The minimum Gasteiger partial charge on any atom is -0.410 e. The van der Waals surface area contributed by atoms with Gasteiger partial charge in [0.25, 0.3) is 0 Å². The quantitative estimate of drug-likeness (QED) is 0.818. The van der Waals surface area contributed by atoms with Gasteiger partial charge in [-0.2, -0.15) is 0 Å². The van der Waals surface area contributed by atoms with Crippen LogP contribution in [0.15, 0.2) is 18.2 Å². The van der Waals surface area contributed by atoms with Gasteiger partial charge in [0.2, 0.25) is 0 Å². The highest BCUT2D eigenvalue weighted by atomic mass is 16.5. The first-order valence-corrected chi connectivity index (χ1v) is 5.73. The van der Waals surface area contributed by atoms with Crippen LogP contribution in [0, 0.1) is 0 Å². The maximum absolute atomic E-state index is 11.2. The van der Waals surface area contributed by atoms with Gasteiger partial charge in [-0.25, -0.2) is 4.79 Å².